The number of nitrogens with zero attached hydrogens (tertiary/aromatic N) is 2. The maximum Gasteiger partial charge on any atom is 0.376 e. The van der Waals surface area contributed by atoms with Crippen LogP contribution in [0.2, 0.25) is 6.82 Å². The van der Waals surface area contributed by atoms with Gasteiger partial charge < -0.3 is 14.9 Å². The first-order chi connectivity index (χ1) is 8.16. The van der Waals surface area contributed by atoms with Gasteiger partial charge >= 0.3 is 7.05 Å². The topological polar surface area (TPSA) is 56.6 Å². The molecule has 1 aliphatic rings. The minimum Gasteiger partial charge on any atom is -0.437 e. The summed E-state index contributed by atoms with van der Waals surface area (Å²) in [5.74, 6) is 0.250. The van der Waals surface area contributed by atoms with Crippen molar-refractivity contribution in [3.8, 4) is 0 Å². The van der Waals surface area contributed by atoms with Crippen molar-refractivity contribution in [2.24, 2.45) is 5.92 Å². The molecule has 0 saturated carbocycles. The van der Waals surface area contributed by atoms with Crippen LogP contribution < -0.4 is 0 Å². The summed E-state index contributed by atoms with van der Waals surface area (Å²) >= 11 is 0. The SMILES string of the molecule is CB(O)N1CCC(Cc2ccccn2)C(O)C1. The molecule has 2 rings (SSSR count). The lowest BCUT2D eigenvalue weighted by molar-refractivity contribution is 0.0456. The number of hydrogen-bond donors (Lipinski definition) is 2. The number of rotatable bonds is 3. The van der Waals surface area contributed by atoms with E-state index in [0.29, 0.717) is 6.54 Å². The molecule has 5 heteroatoms. The van der Waals surface area contributed by atoms with Crippen LogP contribution in [0, 0.1) is 5.92 Å². The molecule has 0 aliphatic carbocycles. The molecule has 17 heavy (non-hydrogen) atoms. The van der Waals surface area contributed by atoms with Gasteiger partial charge in [-0.05, 0) is 44.3 Å². The van der Waals surface area contributed by atoms with Gasteiger partial charge in [0, 0.05) is 18.4 Å². The van der Waals surface area contributed by atoms with E-state index in [-0.39, 0.29) is 12.0 Å². The van der Waals surface area contributed by atoms with Crippen molar-refractivity contribution in [3.05, 3.63) is 30.1 Å². The third kappa shape index (κ3) is 3.28. The first-order valence-electron chi connectivity index (χ1n) is 6.17. The van der Waals surface area contributed by atoms with Gasteiger partial charge in [0.1, 0.15) is 0 Å². The Bertz CT molecular complexity index is 348. The van der Waals surface area contributed by atoms with Gasteiger partial charge in [0.05, 0.1) is 6.10 Å². The molecule has 1 aromatic rings. The highest BCUT2D eigenvalue weighted by atomic mass is 16.3. The molecule has 0 radical (unpaired) electrons. The zero-order chi connectivity index (χ0) is 12.3. The second kappa shape index (κ2) is 5.62. The molecular formula is C12H19BN2O2. The van der Waals surface area contributed by atoms with E-state index in [1.54, 1.807) is 13.0 Å². The van der Waals surface area contributed by atoms with Crippen LogP contribution in [-0.2, 0) is 6.42 Å². The molecule has 0 bridgehead atoms. The van der Waals surface area contributed by atoms with Crippen molar-refractivity contribution in [2.45, 2.75) is 25.8 Å². The molecule has 0 amide bonds. The fourth-order valence-corrected chi connectivity index (χ4v) is 2.37. The van der Waals surface area contributed by atoms with Gasteiger partial charge in [0.25, 0.3) is 0 Å². The molecule has 1 aromatic heterocycles. The van der Waals surface area contributed by atoms with Gasteiger partial charge in [-0.15, -0.1) is 0 Å². The van der Waals surface area contributed by atoms with Gasteiger partial charge in [-0.3, -0.25) is 4.98 Å². The van der Waals surface area contributed by atoms with Gasteiger partial charge in [-0.2, -0.15) is 0 Å². The second-order valence-corrected chi connectivity index (χ2v) is 4.77. The monoisotopic (exact) mass is 234 g/mol. The zero-order valence-electron chi connectivity index (χ0n) is 10.2. The molecule has 0 spiro atoms. The zero-order valence-corrected chi connectivity index (χ0v) is 10.2. The Kier molecular flexibility index (Phi) is 4.15. The van der Waals surface area contributed by atoms with Crippen LogP contribution in [0.25, 0.3) is 0 Å². The second-order valence-electron chi connectivity index (χ2n) is 4.77. The Morgan fingerprint density at radius 1 is 1.53 bits per heavy atom. The maximum absolute atomic E-state index is 10.1. The first kappa shape index (κ1) is 12.5. The maximum atomic E-state index is 10.1. The lowest BCUT2D eigenvalue weighted by atomic mass is 9.79. The van der Waals surface area contributed by atoms with Gasteiger partial charge in [-0.25, -0.2) is 0 Å². The van der Waals surface area contributed by atoms with Crippen LogP contribution in [0.1, 0.15) is 12.1 Å². The van der Waals surface area contributed by atoms with Crippen molar-refractivity contribution < 1.29 is 10.1 Å². The standard InChI is InChI=1S/C12H19BN2O2/c1-13(17)15-7-5-10(12(16)9-15)8-11-4-2-3-6-14-11/h2-4,6,10,12,16-17H,5,7-9H2,1H3. The molecular weight excluding hydrogens is 215 g/mol. The summed E-state index contributed by atoms with van der Waals surface area (Å²) in [6.45, 7) is 3.13. The fraction of sp³-hybridized carbons (Fsp3) is 0.583. The molecule has 1 saturated heterocycles. The third-order valence-corrected chi connectivity index (χ3v) is 3.48. The van der Waals surface area contributed by atoms with Crippen molar-refractivity contribution in [1.82, 2.24) is 9.79 Å². The van der Waals surface area contributed by atoms with E-state index in [2.05, 4.69) is 4.98 Å². The Morgan fingerprint density at radius 3 is 2.94 bits per heavy atom. The predicted octanol–water partition coefficient (Wildman–Crippen LogP) is 0.417. The molecule has 1 aliphatic heterocycles. The normalized spacial score (nSPS) is 25.8. The summed E-state index contributed by atoms with van der Waals surface area (Å²) in [7, 11) is -0.472. The Hall–Kier alpha value is -0.905. The van der Waals surface area contributed by atoms with E-state index in [9.17, 15) is 10.1 Å². The summed E-state index contributed by atoms with van der Waals surface area (Å²) in [5.41, 5.74) is 1.03. The first-order valence-corrected chi connectivity index (χ1v) is 6.17. The number of piperidine rings is 1. The van der Waals surface area contributed by atoms with E-state index in [0.717, 1.165) is 25.1 Å². The fourth-order valence-electron chi connectivity index (χ4n) is 2.37. The highest BCUT2D eigenvalue weighted by molar-refractivity contribution is 6.45. The molecule has 4 nitrogen and oxygen atoms in total. The summed E-state index contributed by atoms with van der Waals surface area (Å²) in [4.78, 5) is 6.19. The van der Waals surface area contributed by atoms with Crippen LogP contribution in [0.4, 0.5) is 0 Å². The lowest BCUT2D eigenvalue weighted by Crippen LogP contribution is -2.50. The molecule has 0 aromatic carbocycles. The molecule has 2 atom stereocenters. The van der Waals surface area contributed by atoms with Crippen molar-refractivity contribution in [1.29, 1.82) is 0 Å². The average Bonchev–Trinajstić information content (AvgIpc) is 2.33. The summed E-state index contributed by atoms with van der Waals surface area (Å²) in [6.07, 6.45) is 3.13. The van der Waals surface area contributed by atoms with Gasteiger partial charge in [0.2, 0.25) is 0 Å². The Morgan fingerprint density at radius 2 is 2.35 bits per heavy atom. The van der Waals surface area contributed by atoms with E-state index in [4.69, 9.17) is 0 Å². The minimum atomic E-state index is -0.472. The number of β-amino-alcohol motifs (C(OH)–C–C–N with tert-alkyl or cyclic N) is 1. The number of pyridine rings is 1. The summed E-state index contributed by atoms with van der Waals surface area (Å²) < 4.78 is 0. The number of aliphatic hydroxyl groups is 1. The van der Waals surface area contributed by atoms with Gasteiger partial charge in [0.15, 0.2) is 0 Å². The van der Waals surface area contributed by atoms with E-state index in [1.165, 1.54) is 0 Å². The Labute approximate surface area is 102 Å². The Balaban J connectivity index is 1.92. The molecule has 1 fully saturated rings. The number of aliphatic hydroxyl groups excluding tert-OH is 1. The quantitative estimate of drug-likeness (QED) is 0.744. The van der Waals surface area contributed by atoms with Crippen LogP contribution in [0.3, 0.4) is 0 Å². The van der Waals surface area contributed by atoms with E-state index < -0.39 is 7.05 Å². The number of hydrogen-bond acceptors (Lipinski definition) is 4. The molecule has 2 unspecified atom stereocenters. The smallest absolute Gasteiger partial charge is 0.376 e. The molecule has 2 N–H and O–H groups in total. The van der Waals surface area contributed by atoms with Crippen molar-refractivity contribution in [2.75, 3.05) is 13.1 Å². The molecule has 2 heterocycles. The number of aromatic nitrogens is 1. The average molecular weight is 234 g/mol. The van der Waals surface area contributed by atoms with Crippen molar-refractivity contribution >= 4 is 7.05 Å². The van der Waals surface area contributed by atoms with E-state index in [1.807, 2.05) is 23.0 Å². The summed E-state index contributed by atoms with van der Waals surface area (Å²) in [6, 6.07) is 5.86. The van der Waals surface area contributed by atoms with Crippen LogP contribution in [0.15, 0.2) is 24.4 Å². The summed E-state index contributed by atoms with van der Waals surface area (Å²) in [5, 5.41) is 19.5. The highest BCUT2D eigenvalue weighted by Gasteiger charge is 2.30. The van der Waals surface area contributed by atoms with Crippen molar-refractivity contribution in [3.63, 3.8) is 0 Å². The van der Waals surface area contributed by atoms with Gasteiger partial charge in [-0.1, -0.05) is 6.07 Å². The molecule has 92 valence electrons. The van der Waals surface area contributed by atoms with E-state index >= 15 is 0 Å². The highest BCUT2D eigenvalue weighted by Crippen LogP contribution is 2.21. The third-order valence-electron chi connectivity index (χ3n) is 3.48. The van der Waals surface area contributed by atoms with Crippen LogP contribution in [-0.4, -0.2) is 46.2 Å². The predicted molar refractivity (Wildman–Crippen MR) is 67.5 cm³/mol. The largest absolute Gasteiger partial charge is 0.437 e. The minimum absolute atomic E-state index is 0.250. The lowest BCUT2D eigenvalue weighted by Gasteiger charge is -2.36. The van der Waals surface area contributed by atoms with Crippen LogP contribution in [0.5, 0.6) is 0 Å². The van der Waals surface area contributed by atoms with Crippen LogP contribution >= 0.6 is 0 Å².